The number of carbonyl (C=O) groups excluding carboxylic acids is 2. The maximum Gasteiger partial charge on any atom is 0.324 e. The lowest BCUT2D eigenvalue weighted by Gasteiger charge is -2.26. The number of nitrogens with zero attached hydrogens (tertiary/aromatic N) is 1. The lowest BCUT2D eigenvalue weighted by Crippen LogP contribution is -2.46. The van der Waals surface area contributed by atoms with E-state index in [4.69, 9.17) is 11.6 Å². The molecule has 1 fully saturated rings. The van der Waals surface area contributed by atoms with Crippen LogP contribution in [0.2, 0.25) is 0 Å². The molecule has 0 aromatic rings. The van der Waals surface area contributed by atoms with Gasteiger partial charge in [0.2, 0.25) is 5.91 Å². The molecule has 0 saturated heterocycles. The van der Waals surface area contributed by atoms with Gasteiger partial charge in [0, 0.05) is 13.1 Å². The van der Waals surface area contributed by atoms with E-state index < -0.39 is 5.91 Å². The third-order valence-corrected chi connectivity index (χ3v) is 3.30. The summed E-state index contributed by atoms with van der Waals surface area (Å²) in [6, 6.07) is -0.0804. The van der Waals surface area contributed by atoms with E-state index in [9.17, 15) is 9.59 Å². The van der Waals surface area contributed by atoms with E-state index in [1.165, 1.54) is 12.8 Å². The Kier molecular flexibility index (Phi) is 5.60. The third kappa shape index (κ3) is 4.00. The highest BCUT2D eigenvalue weighted by Crippen LogP contribution is 2.20. The average molecular weight is 247 g/mol. The summed E-state index contributed by atoms with van der Waals surface area (Å²) in [5.41, 5.74) is 0. The number of rotatable bonds is 2. The van der Waals surface area contributed by atoms with Crippen molar-refractivity contribution < 1.29 is 9.59 Å². The predicted octanol–water partition coefficient (Wildman–Crippen LogP) is 2.12. The molecule has 16 heavy (non-hydrogen) atoms. The highest BCUT2D eigenvalue weighted by atomic mass is 35.5. The van der Waals surface area contributed by atoms with Crippen LogP contribution in [0.3, 0.4) is 0 Å². The van der Waals surface area contributed by atoms with Gasteiger partial charge in [0.1, 0.15) is 5.88 Å². The van der Waals surface area contributed by atoms with Crippen LogP contribution in [0.25, 0.3) is 0 Å². The normalized spacial score (nSPS) is 17.6. The fourth-order valence-corrected chi connectivity index (χ4v) is 2.12. The van der Waals surface area contributed by atoms with Crippen molar-refractivity contribution in [1.29, 1.82) is 0 Å². The lowest BCUT2D eigenvalue weighted by atomic mass is 10.1. The predicted molar refractivity (Wildman–Crippen MR) is 63.5 cm³/mol. The molecular formula is C11H19ClN2O2. The first-order chi connectivity index (χ1) is 7.65. The number of imide groups is 1. The quantitative estimate of drug-likeness (QED) is 0.599. The smallest absolute Gasteiger partial charge is 0.324 e. The maximum absolute atomic E-state index is 11.7. The molecule has 0 aromatic heterocycles. The van der Waals surface area contributed by atoms with Gasteiger partial charge in [-0.1, -0.05) is 25.7 Å². The molecule has 0 bridgehead atoms. The minimum absolute atomic E-state index is 0.176. The van der Waals surface area contributed by atoms with E-state index in [1.54, 1.807) is 11.9 Å². The van der Waals surface area contributed by atoms with Crippen LogP contribution in [-0.2, 0) is 4.79 Å². The molecule has 0 radical (unpaired) electrons. The molecule has 1 saturated carbocycles. The van der Waals surface area contributed by atoms with Gasteiger partial charge >= 0.3 is 6.03 Å². The molecule has 0 aliphatic heterocycles. The Labute approximate surface area is 101 Å². The largest absolute Gasteiger partial charge is 0.325 e. The van der Waals surface area contributed by atoms with Crippen LogP contribution in [0, 0.1) is 0 Å². The van der Waals surface area contributed by atoms with Crippen LogP contribution in [0.5, 0.6) is 0 Å². The first-order valence-electron chi connectivity index (χ1n) is 5.77. The van der Waals surface area contributed by atoms with Gasteiger partial charge in [-0.3, -0.25) is 10.1 Å². The number of alkyl halides is 1. The van der Waals surface area contributed by atoms with Crippen molar-refractivity contribution in [2.45, 2.75) is 44.6 Å². The monoisotopic (exact) mass is 246 g/mol. The maximum atomic E-state index is 11.7. The van der Waals surface area contributed by atoms with Crippen molar-refractivity contribution in [2.24, 2.45) is 0 Å². The number of hydrogen-bond donors (Lipinski definition) is 1. The van der Waals surface area contributed by atoms with Crippen LogP contribution in [0.1, 0.15) is 38.5 Å². The Hall–Kier alpha value is -0.770. The molecule has 0 unspecified atom stereocenters. The zero-order chi connectivity index (χ0) is 12.0. The SMILES string of the molecule is CN(C(=O)NC(=O)CCl)C1CCCCCC1. The van der Waals surface area contributed by atoms with Gasteiger partial charge in [0.25, 0.3) is 0 Å². The van der Waals surface area contributed by atoms with Crippen molar-refractivity contribution in [2.75, 3.05) is 12.9 Å². The van der Waals surface area contributed by atoms with E-state index in [1.807, 2.05) is 0 Å². The van der Waals surface area contributed by atoms with Crippen molar-refractivity contribution in [3.63, 3.8) is 0 Å². The summed E-state index contributed by atoms with van der Waals surface area (Å²) in [6.07, 6.45) is 6.86. The second-order valence-electron chi connectivity index (χ2n) is 4.24. The summed E-state index contributed by atoms with van der Waals surface area (Å²) in [4.78, 5) is 24.3. The second kappa shape index (κ2) is 6.74. The summed E-state index contributed by atoms with van der Waals surface area (Å²) in [7, 11) is 1.74. The first-order valence-corrected chi connectivity index (χ1v) is 6.31. The summed E-state index contributed by atoms with van der Waals surface area (Å²) < 4.78 is 0. The molecule has 1 rings (SSSR count). The minimum atomic E-state index is -0.438. The molecule has 3 amide bonds. The molecule has 1 aliphatic carbocycles. The zero-order valence-electron chi connectivity index (χ0n) is 9.67. The molecule has 0 heterocycles. The molecule has 1 N–H and O–H groups in total. The molecule has 4 nitrogen and oxygen atoms in total. The number of amides is 3. The Bertz CT molecular complexity index is 250. The summed E-state index contributed by atoms with van der Waals surface area (Å²) >= 11 is 5.33. The summed E-state index contributed by atoms with van der Waals surface area (Å²) in [6.45, 7) is 0. The molecule has 1 aliphatic rings. The van der Waals surface area contributed by atoms with E-state index in [2.05, 4.69) is 5.32 Å². The zero-order valence-corrected chi connectivity index (χ0v) is 10.4. The van der Waals surface area contributed by atoms with Gasteiger partial charge in [-0.25, -0.2) is 4.79 Å². The number of nitrogens with one attached hydrogen (secondary N) is 1. The Morgan fingerprint density at radius 3 is 2.31 bits per heavy atom. The number of halogens is 1. The minimum Gasteiger partial charge on any atom is -0.325 e. The lowest BCUT2D eigenvalue weighted by molar-refractivity contribution is -0.117. The van der Waals surface area contributed by atoms with Gasteiger partial charge in [-0.2, -0.15) is 0 Å². The Morgan fingerprint density at radius 1 is 1.25 bits per heavy atom. The average Bonchev–Trinajstić information content (AvgIpc) is 2.56. The van der Waals surface area contributed by atoms with E-state index >= 15 is 0 Å². The van der Waals surface area contributed by atoms with Gasteiger partial charge < -0.3 is 4.90 Å². The highest BCUT2D eigenvalue weighted by Gasteiger charge is 2.21. The number of carbonyl (C=O) groups is 2. The Balaban J connectivity index is 2.44. The fourth-order valence-electron chi connectivity index (χ4n) is 2.05. The van der Waals surface area contributed by atoms with Crippen molar-refractivity contribution in [1.82, 2.24) is 10.2 Å². The molecule has 0 spiro atoms. The highest BCUT2D eigenvalue weighted by molar-refractivity contribution is 6.28. The number of hydrogen-bond acceptors (Lipinski definition) is 2. The third-order valence-electron chi connectivity index (χ3n) is 3.06. The van der Waals surface area contributed by atoms with Crippen molar-refractivity contribution in [3.05, 3.63) is 0 Å². The van der Waals surface area contributed by atoms with Gasteiger partial charge in [-0.15, -0.1) is 11.6 Å². The fraction of sp³-hybridized carbons (Fsp3) is 0.818. The second-order valence-corrected chi connectivity index (χ2v) is 4.51. The van der Waals surface area contributed by atoms with Crippen LogP contribution in [0.15, 0.2) is 0 Å². The van der Waals surface area contributed by atoms with Gasteiger partial charge in [-0.05, 0) is 12.8 Å². The van der Waals surface area contributed by atoms with Crippen molar-refractivity contribution >= 4 is 23.5 Å². The first kappa shape index (κ1) is 13.3. The summed E-state index contributed by atoms with van der Waals surface area (Å²) in [5.74, 6) is -0.614. The van der Waals surface area contributed by atoms with Crippen molar-refractivity contribution in [3.8, 4) is 0 Å². The van der Waals surface area contributed by atoms with Crippen LogP contribution in [-0.4, -0.2) is 35.8 Å². The van der Waals surface area contributed by atoms with Crippen LogP contribution in [0.4, 0.5) is 4.79 Å². The van der Waals surface area contributed by atoms with Gasteiger partial charge in [0.15, 0.2) is 0 Å². The molecule has 92 valence electrons. The van der Waals surface area contributed by atoms with E-state index in [0.717, 1.165) is 25.7 Å². The topological polar surface area (TPSA) is 49.4 Å². The van der Waals surface area contributed by atoms with Gasteiger partial charge in [0.05, 0.1) is 0 Å². The van der Waals surface area contributed by atoms with E-state index in [0.29, 0.717) is 0 Å². The van der Waals surface area contributed by atoms with Crippen LogP contribution >= 0.6 is 11.6 Å². The van der Waals surface area contributed by atoms with Crippen LogP contribution < -0.4 is 5.32 Å². The molecular weight excluding hydrogens is 228 g/mol. The Morgan fingerprint density at radius 2 is 1.81 bits per heavy atom. The molecule has 0 atom stereocenters. The molecule has 0 aromatic carbocycles. The number of urea groups is 1. The standard InChI is InChI=1S/C11H19ClN2O2/c1-14(11(16)13-10(15)8-12)9-6-4-2-3-5-7-9/h9H,2-8H2,1H3,(H,13,15,16). The summed E-state index contributed by atoms with van der Waals surface area (Å²) in [5, 5.41) is 2.26. The van der Waals surface area contributed by atoms with E-state index in [-0.39, 0.29) is 18.0 Å². The molecule has 5 heteroatoms.